The number of aromatic nitrogens is 2. The summed E-state index contributed by atoms with van der Waals surface area (Å²) in [5.74, 6) is 0. The third-order valence-electron chi connectivity index (χ3n) is 2.79. The SMILES string of the molecule is CCCC(Cn1c(C)cc(C)nc1=O)NC. The smallest absolute Gasteiger partial charge is 0.315 e. The summed E-state index contributed by atoms with van der Waals surface area (Å²) in [6.07, 6.45) is 2.18. The zero-order chi connectivity index (χ0) is 12.1. The summed E-state index contributed by atoms with van der Waals surface area (Å²) in [4.78, 5) is 15.7. The van der Waals surface area contributed by atoms with Crippen LogP contribution in [0.3, 0.4) is 0 Å². The van der Waals surface area contributed by atoms with Crippen molar-refractivity contribution < 1.29 is 0 Å². The molecule has 0 aliphatic rings. The van der Waals surface area contributed by atoms with Crippen molar-refractivity contribution in [2.24, 2.45) is 0 Å². The second-order valence-electron chi connectivity index (χ2n) is 4.21. The highest BCUT2D eigenvalue weighted by molar-refractivity contribution is 5.06. The van der Waals surface area contributed by atoms with Gasteiger partial charge in [-0.15, -0.1) is 0 Å². The van der Waals surface area contributed by atoms with Gasteiger partial charge in [0, 0.05) is 24.0 Å². The maximum absolute atomic E-state index is 11.7. The van der Waals surface area contributed by atoms with Crippen molar-refractivity contribution in [2.45, 2.75) is 46.2 Å². The van der Waals surface area contributed by atoms with E-state index in [4.69, 9.17) is 0 Å². The highest BCUT2D eigenvalue weighted by Gasteiger charge is 2.09. The fraction of sp³-hybridized carbons (Fsp3) is 0.667. The highest BCUT2D eigenvalue weighted by atomic mass is 16.1. The van der Waals surface area contributed by atoms with Crippen LogP contribution in [0.1, 0.15) is 31.2 Å². The predicted molar refractivity (Wildman–Crippen MR) is 65.7 cm³/mol. The third kappa shape index (κ3) is 3.17. The molecule has 0 aliphatic heterocycles. The summed E-state index contributed by atoms with van der Waals surface area (Å²) in [7, 11) is 1.93. The van der Waals surface area contributed by atoms with Crippen molar-refractivity contribution in [3.63, 3.8) is 0 Å². The van der Waals surface area contributed by atoms with Gasteiger partial charge in [0.1, 0.15) is 0 Å². The number of rotatable bonds is 5. The first kappa shape index (κ1) is 12.9. The summed E-state index contributed by atoms with van der Waals surface area (Å²) in [6.45, 7) is 6.64. The summed E-state index contributed by atoms with van der Waals surface area (Å²) in [6, 6.07) is 2.28. The molecule has 0 radical (unpaired) electrons. The molecule has 1 unspecified atom stereocenters. The highest BCUT2D eigenvalue weighted by Crippen LogP contribution is 2.02. The fourth-order valence-electron chi connectivity index (χ4n) is 1.89. The quantitative estimate of drug-likeness (QED) is 0.817. The average Bonchev–Trinajstić information content (AvgIpc) is 2.21. The van der Waals surface area contributed by atoms with Gasteiger partial charge < -0.3 is 5.32 Å². The van der Waals surface area contributed by atoms with Gasteiger partial charge in [0.25, 0.3) is 0 Å². The van der Waals surface area contributed by atoms with Gasteiger partial charge in [-0.25, -0.2) is 4.79 Å². The molecule has 0 aromatic carbocycles. The molecule has 16 heavy (non-hydrogen) atoms. The Morgan fingerprint density at radius 1 is 1.50 bits per heavy atom. The minimum Gasteiger partial charge on any atom is -0.315 e. The summed E-state index contributed by atoms with van der Waals surface area (Å²) < 4.78 is 1.74. The van der Waals surface area contributed by atoms with Gasteiger partial charge in [-0.3, -0.25) is 4.57 Å². The van der Waals surface area contributed by atoms with E-state index in [1.807, 2.05) is 27.0 Å². The molecule has 4 heteroatoms. The van der Waals surface area contributed by atoms with Crippen LogP contribution in [0.5, 0.6) is 0 Å². The lowest BCUT2D eigenvalue weighted by Crippen LogP contribution is -2.36. The molecule has 0 saturated carbocycles. The van der Waals surface area contributed by atoms with E-state index in [0.717, 1.165) is 24.2 Å². The van der Waals surface area contributed by atoms with Crippen LogP contribution in [0.25, 0.3) is 0 Å². The minimum absolute atomic E-state index is 0.145. The third-order valence-corrected chi connectivity index (χ3v) is 2.79. The van der Waals surface area contributed by atoms with Crippen LogP contribution in [-0.4, -0.2) is 22.6 Å². The van der Waals surface area contributed by atoms with Gasteiger partial charge in [0.05, 0.1) is 0 Å². The summed E-state index contributed by atoms with van der Waals surface area (Å²) >= 11 is 0. The number of nitrogens with one attached hydrogen (secondary N) is 1. The van der Waals surface area contributed by atoms with E-state index >= 15 is 0 Å². The monoisotopic (exact) mass is 223 g/mol. The van der Waals surface area contributed by atoms with Crippen LogP contribution in [0, 0.1) is 13.8 Å². The molecule has 1 heterocycles. The maximum atomic E-state index is 11.7. The van der Waals surface area contributed by atoms with E-state index in [-0.39, 0.29) is 5.69 Å². The van der Waals surface area contributed by atoms with Crippen LogP contribution < -0.4 is 11.0 Å². The second-order valence-corrected chi connectivity index (χ2v) is 4.21. The van der Waals surface area contributed by atoms with Crippen molar-refractivity contribution in [3.8, 4) is 0 Å². The van der Waals surface area contributed by atoms with Gasteiger partial charge in [0.2, 0.25) is 0 Å². The van der Waals surface area contributed by atoms with Crippen molar-refractivity contribution in [1.29, 1.82) is 0 Å². The first-order valence-corrected chi connectivity index (χ1v) is 5.80. The lowest BCUT2D eigenvalue weighted by molar-refractivity contribution is 0.433. The zero-order valence-corrected chi connectivity index (χ0v) is 10.6. The molecule has 1 rings (SSSR count). The van der Waals surface area contributed by atoms with Gasteiger partial charge >= 0.3 is 5.69 Å². The first-order chi connectivity index (χ1) is 7.58. The molecule has 0 fully saturated rings. The van der Waals surface area contributed by atoms with Crippen molar-refractivity contribution in [1.82, 2.24) is 14.9 Å². The van der Waals surface area contributed by atoms with Crippen molar-refractivity contribution >= 4 is 0 Å². The summed E-state index contributed by atoms with van der Waals surface area (Å²) in [5, 5.41) is 3.23. The predicted octanol–water partition coefficient (Wildman–Crippen LogP) is 1.25. The minimum atomic E-state index is -0.145. The Balaban J connectivity index is 2.92. The van der Waals surface area contributed by atoms with Crippen LogP contribution >= 0.6 is 0 Å². The standard InChI is InChI=1S/C12H21N3O/c1-5-6-11(13-4)8-15-10(3)7-9(2)14-12(15)16/h7,11,13H,5-6,8H2,1-4H3. The van der Waals surface area contributed by atoms with Gasteiger partial charge in [-0.1, -0.05) is 13.3 Å². The Hall–Kier alpha value is -1.16. The van der Waals surface area contributed by atoms with Gasteiger partial charge in [-0.05, 0) is 33.4 Å². The molecule has 0 amide bonds. The molecule has 0 saturated heterocycles. The van der Waals surface area contributed by atoms with Crippen molar-refractivity contribution in [3.05, 3.63) is 27.9 Å². The van der Waals surface area contributed by atoms with E-state index in [2.05, 4.69) is 17.2 Å². The Bertz CT molecular complexity index is 398. The molecule has 4 nitrogen and oxygen atoms in total. The first-order valence-electron chi connectivity index (χ1n) is 5.80. The second kappa shape index (κ2) is 5.80. The van der Waals surface area contributed by atoms with E-state index in [0.29, 0.717) is 12.6 Å². The molecule has 0 bridgehead atoms. The van der Waals surface area contributed by atoms with Gasteiger partial charge in [0.15, 0.2) is 0 Å². The lowest BCUT2D eigenvalue weighted by Gasteiger charge is -2.18. The Labute approximate surface area is 96.7 Å². The van der Waals surface area contributed by atoms with Crippen LogP contribution in [-0.2, 0) is 6.54 Å². The topological polar surface area (TPSA) is 46.9 Å². The molecule has 1 aromatic heterocycles. The lowest BCUT2D eigenvalue weighted by atomic mass is 10.1. The average molecular weight is 223 g/mol. The van der Waals surface area contributed by atoms with Crippen LogP contribution in [0.2, 0.25) is 0 Å². The van der Waals surface area contributed by atoms with E-state index in [1.54, 1.807) is 4.57 Å². The Morgan fingerprint density at radius 2 is 2.19 bits per heavy atom. The molecular weight excluding hydrogens is 202 g/mol. The Morgan fingerprint density at radius 3 is 2.69 bits per heavy atom. The van der Waals surface area contributed by atoms with E-state index in [1.165, 1.54) is 0 Å². The Kier molecular flexibility index (Phi) is 4.68. The zero-order valence-electron chi connectivity index (χ0n) is 10.6. The molecule has 0 spiro atoms. The largest absolute Gasteiger partial charge is 0.348 e. The van der Waals surface area contributed by atoms with Gasteiger partial charge in [-0.2, -0.15) is 4.98 Å². The molecule has 90 valence electrons. The normalized spacial score (nSPS) is 12.8. The molecule has 1 atom stereocenters. The number of hydrogen-bond acceptors (Lipinski definition) is 3. The van der Waals surface area contributed by atoms with Crippen LogP contribution in [0.15, 0.2) is 10.9 Å². The number of likely N-dealkylation sites (N-methyl/N-ethyl adjacent to an activating group) is 1. The molecule has 1 N–H and O–H groups in total. The maximum Gasteiger partial charge on any atom is 0.348 e. The van der Waals surface area contributed by atoms with Crippen molar-refractivity contribution in [2.75, 3.05) is 7.05 Å². The number of nitrogens with zero attached hydrogens (tertiary/aromatic N) is 2. The fourth-order valence-corrected chi connectivity index (χ4v) is 1.89. The number of hydrogen-bond donors (Lipinski definition) is 1. The van der Waals surface area contributed by atoms with Crippen LogP contribution in [0.4, 0.5) is 0 Å². The summed E-state index contributed by atoms with van der Waals surface area (Å²) in [5.41, 5.74) is 1.62. The molecular formula is C12H21N3O. The van der Waals surface area contributed by atoms with E-state index in [9.17, 15) is 4.79 Å². The molecule has 1 aromatic rings. The number of aryl methyl sites for hydroxylation is 2. The van der Waals surface area contributed by atoms with E-state index < -0.39 is 0 Å². The molecule has 0 aliphatic carbocycles.